The van der Waals surface area contributed by atoms with Crippen molar-refractivity contribution in [3.8, 4) is 11.5 Å². The first-order valence-corrected chi connectivity index (χ1v) is 6.22. The summed E-state index contributed by atoms with van der Waals surface area (Å²) in [5.41, 5.74) is 2.27. The number of ether oxygens (including phenoxy) is 1. The van der Waals surface area contributed by atoms with E-state index >= 15 is 0 Å². The zero-order valence-electron chi connectivity index (χ0n) is 10.8. The summed E-state index contributed by atoms with van der Waals surface area (Å²) in [5, 5.41) is 13.0. The first kappa shape index (κ1) is 11.9. The lowest BCUT2D eigenvalue weighted by atomic mass is 10.1. The van der Waals surface area contributed by atoms with E-state index in [1.165, 1.54) is 7.11 Å². The Morgan fingerprint density at radius 1 is 1.53 bits per heavy atom. The Hall–Kier alpha value is -2.17. The van der Waals surface area contributed by atoms with Crippen molar-refractivity contribution < 1.29 is 14.6 Å². The van der Waals surface area contributed by atoms with Crippen LogP contribution in [0.1, 0.15) is 16.8 Å². The van der Waals surface area contributed by atoms with E-state index < -0.39 is 0 Å². The van der Waals surface area contributed by atoms with Gasteiger partial charge >= 0.3 is 0 Å². The number of phenolic OH excluding ortho intramolecular Hbond substituents is 1. The summed E-state index contributed by atoms with van der Waals surface area (Å²) in [4.78, 5) is 14.4. The standard InChI is InChI=1S/C14H16N2O3/c1-8-3-9-6-15-11-5-12(17)13(19-2)4-10(11)14(18)16(9)7-8/h4-5,9,15,17H,1,3,6-7H2,2H3/t9-/m0/s1. The summed E-state index contributed by atoms with van der Waals surface area (Å²) in [6.07, 6.45) is 0.829. The molecule has 0 bridgehead atoms. The smallest absolute Gasteiger partial charge is 0.256 e. The highest BCUT2D eigenvalue weighted by atomic mass is 16.5. The molecule has 0 radical (unpaired) electrons. The fourth-order valence-corrected chi connectivity index (χ4v) is 2.74. The number of phenols is 1. The Labute approximate surface area is 111 Å². The van der Waals surface area contributed by atoms with Gasteiger partial charge in [-0.1, -0.05) is 12.2 Å². The minimum absolute atomic E-state index is 0.0352. The maximum Gasteiger partial charge on any atom is 0.256 e. The second-order valence-electron chi connectivity index (χ2n) is 4.99. The number of anilines is 1. The molecule has 2 heterocycles. The van der Waals surface area contributed by atoms with Crippen molar-refractivity contribution in [3.05, 3.63) is 29.8 Å². The number of aromatic hydroxyl groups is 1. The summed E-state index contributed by atoms with van der Waals surface area (Å²) in [7, 11) is 1.47. The van der Waals surface area contributed by atoms with Crippen molar-refractivity contribution in [2.75, 3.05) is 25.5 Å². The average Bonchev–Trinajstić information content (AvgIpc) is 2.71. The van der Waals surface area contributed by atoms with Crippen molar-refractivity contribution in [1.29, 1.82) is 0 Å². The minimum Gasteiger partial charge on any atom is -0.504 e. The number of hydrogen-bond acceptors (Lipinski definition) is 4. The average molecular weight is 260 g/mol. The Morgan fingerprint density at radius 2 is 2.32 bits per heavy atom. The minimum atomic E-state index is -0.0399. The van der Waals surface area contributed by atoms with Gasteiger partial charge in [-0.05, 0) is 12.5 Å². The van der Waals surface area contributed by atoms with Gasteiger partial charge in [-0.2, -0.15) is 0 Å². The lowest BCUT2D eigenvalue weighted by molar-refractivity contribution is 0.0752. The molecule has 2 aliphatic rings. The third-order valence-corrected chi connectivity index (χ3v) is 3.70. The summed E-state index contributed by atoms with van der Waals surface area (Å²) in [6.45, 7) is 5.24. The molecule has 1 aromatic rings. The van der Waals surface area contributed by atoms with Gasteiger partial charge in [0.2, 0.25) is 0 Å². The van der Waals surface area contributed by atoms with E-state index in [-0.39, 0.29) is 17.7 Å². The van der Waals surface area contributed by atoms with Crippen LogP contribution in [0.4, 0.5) is 5.69 Å². The Balaban J connectivity index is 2.06. The van der Waals surface area contributed by atoms with Gasteiger partial charge < -0.3 is 20.1 Å². The normalized spacial score (nSPS) is 21.5. The van der Waals surface area contributed by atoms with Crippen molar-refractivity contribution in [1.82, 2.24) is 4.90 Å². The van der Waals surface area contributed by atoms with Gasteiger partial charge in [0.15, 0.2) is 11.5 Å². The predicted molar refractivity (Wildman–Crippen MR) is 71.7 cm³/mol. The number of hydrogen-bond donors (Lipinski definition) is 2. The highest BCUT2D eigenvalue weighted by molar-refractivity contribution is 6.01. The van der Waals surface area contributed by atoms with E-state index in [4.69, 9.17) is 4.74 Å². The second-order valence-corrected chi connectivity index (χ2v) is 4.99. The number of carbonyl (C=O) groups excluding carboxylic acids is 1. The third-order valence-electron chi connectivity index (χ3n) is 3.70. The molecule has 5 heteroatoms. The SMILES string of the molecule is C=C1C[C@H]2CNc3cc(O)c(OC)cc3C(=O)N2C1. The molecular formula is C14H16N2O3. The van der Waals surface area contributed by atoms with Gasteiger partial charge in [0, 0.05) is 19.2 Å². The molecule has 0 aromatic heterocycles. The topological polar surface area (TPSA) is 61.8 Å². The zero-order chi connectivity index (χ0) is 13.6. The van der Waals surface area contributed by atoms with E-state index in [1.807, 2.05) is 4.90 Å². The van der Waals surface area contributed by atoms with E-state index in [0.717, 1.165) is 12.0 Å². The molecule has 19 heavy (non-hydrogen) atoms. The summed E-state index contributed by atoms with van der Waals surface area (Å²) in [6, 6.07) is 3.27. The molecule has 1 aromatic carbocycles. The van der Waals surface area contributed by atoms with Crippen LogP contribution in [0.5, 0.6) is 11.5 Å². The molecule has 3 rings (SSSR count). The van der Waals surface area contributed by atoms with E-state index in [1.54, 1.807) is 12.1 Å². The fraction of sp³-hybridized carbons (Fsp3) is 0.357. The number of nitrogens with zero attached hydrogens (tertiary/aromatic N) is 1. The third kappa shape index (κ3) is 1.82. The monoisotopic (exact) mass is 260 g/mol. The van der Waals surface area contributed by atoms with Crippen LogP contribution in [0.3, 0.4) is 0 Å². The summed E-state index contributed by atoms with van der Waals surface area (Å²) in [5.74, 6) is 0.306. The van der Waals surface area contributed by atoms with Crippen molar-refractivity contribution in [2.24, 2.45) is 0 Å². The van der Waals surface area contributed by atoms with Crippen LogP contribution in [-0.2, 0) is 0 Å². The van der Waals surface area contributed by atoms with Gasteiger partial charge in [0.1, 0.15) is 0 Å². The number of rotatable bonds is 1. The van der Waals surface area contributed by atoms with Crippen LogP contribution in [0.2, 0.25) is 0 Å². The Morgan fingerprint density at radius 3 is 3.05 bits per heavy atom. The quantitative estimate of drug-likeness (QED) is 0.753. The first-order chi connectivity index (χ1) is 9.10. The highest BCUT2D eigenvalue weighted by Gasteiger charge is 2.35. The highest BCUT2D eigenvalue weighted by Crippen LogP contribution is 2.36. The summed E-state index contributed by atoms with van der Waals surface area (Å²) < 4.78 is 5.07. The molecule has 1 amide bonds. The second kappa shape index (κ2) is 4.19. The molecule has 0 unspecified atom stereocenters. The maximum atomic E-state index is 12.6. The van der Waals surface area contributed by atoms with Crippen LogP contribution in [0.25, 0.3) is 0 Å². The first-order valence-electron chi connectivity index (χ1n) is 6.22. The molecule has 0 spiro atoms. The largest absolute Gasteiger partial charge is 0.504 e. The number of amides is 1. The van der Waals surface area contributed by atoms with Crippen molar-refractivity contribution in [3.63, 3.8) is 0 Å². The lowest BCUT2D eigenvalue weighted by Crippen LogP contribution is -2.36. The van der Waals surface area contributed by atoms with Crippen LogP contribution < -0.4 is 10.1 Å². The van der Waals surface area contributed by atoms with Crippen molar-refractivity contribution >= 4 is 11.6 Å². The Bertz CT molecular complexity index is 568. The van der Waals surface area contributed by atoms with Crippen LogP contribution in [0.15, 0.2) is 24.3 Å². The van der Waals surface area contributed by atoms with Gasteiger partial charge in [0.25, 0.3) is 5.91 Å². The molecule has 1 saturated heterocycles. The molecule has 1 fully saturated rings. The molecule has 5 nitrogen and oxygen atoms in total. The van der Waals surface area contributed by atoms with Gasteiger partial charge in [-0.15, -0.1) is 0 Å². The number of fused-ring (bicyclic) bond motifs is 2. The molecular weight excluding hydrogens is 244 g/mol. The predicted octanol–water partition coefficient (Wildman–Crippen LogP) is 1.60. The van der Waals surface area contributed by atoms with Crippen molar-refractivity contribution in [2.45, 2.75) is 12.5 Å². The lowest BCUT2D eigenvalue weighted by Gasteiger charge is -2.20. The van der Waals surface area contributed by atoms with E-state index in [2.05, 4.69) is 11.9 Å². The van der Waals surface area contributed by atoms with E-state index in [9.17, 15) is 9.90 Å². The van der Waals surface area contributed by atoms with E-state index in [0.29, 0.717) is 30.1 Å². The van der Waals surface area contributed by atoms with Crippen LogP contribution in [-0.4, -0.2) is 42.2 Å². The number of carbonyl (C=O) groups is 1. The molecule has 2 aliphatic heterocycles. The van der Waals surface area contributed by atoms with Gasteiger partial charge in [-0.3, -0.25) is 4.79 Å². The number of methoxy groups -OCH3 is 1. The zero-order valence-corrected chi connectivity index (χ0v) is 10.8. The van der Waals surface area contributed by atoms with Crippen LogP contribution >= 0.6 is 0 Å². The van der Waals surface area contributed by atoms with Gasteiger partial charge in [0.05, 0.1) is 24.4 Å². The van der Waals surface area contributed by atoms with Crippen LogP contribution in [0, 0.1) is 0 Å². The molecule has 100 valence electrons. The molecule has 1 atom stereocenters. The number of benzene rings is 1. The van der Waals surface area contributed by atoms with Gasteiger partial charge in [-0.25, -0.2) is 0 Å². The molecule has 0 aliphatic carbocycles. The fourth-order valence-electron chi connectivity index (χ4n) is 2.74. The number of nitrogens with one attached hydrogen (secondary N) is 1. The summed E-state index contributed by atoms with van der Waals surface area (Å²) >= 11 is 0. The molecule has 2 N–H and O–H groups in total. The molecule has 0 saturated carbocycles. The Kier molecular flexibility index (Phi) is 2.62. The maximum absolute atomic E-state index is 12.6.